The third kappa shape index (κ3) is 3.71. The molecule has 1 unspecified atom stereocenters. The average molecular weight is 372 g/mol. The Bertz CT molecular complexity index is 876. The molecule has 2 aromatic heterocycles. The summed E-state index contributed by atoms with van der Waals surface area (Å²) in [5, 5.41) is 9.08. The zero-order valence-electron chi connectivity index (χ0n) is 15.1. The zero-order chi connectivity index (χ0) is 19.0. The summed E-state index contributed by atoms with van der Waals surface area (Å²) in [5.41, 5.74) is 2.77. The number of anilines is 2. The Labute approximate surface area is 156 Å². The maximum atomic E-state index is 14.2. The van der Waals surface area contributed by atoms with Gasteiger partial charge in [-0.2, -0.15) is 4.39 Å². The number of fused-ring (bicyclic) bond motifs is 1. The number of halogens is 1. The van der Waals surface area contributed by atoms with E-state index < -0.39 is 11.9 Å². The van der Waals surface area contributed by atoms with Gasteiger partial charge in [-0.1, -0.05) is 0 Å². The fourth-order valence-electron chi connectivity index (χ4n) is 3.62. The van der Waals surface area contributed by atoms with Crippen LogP contribution in [0.3, 0.4) is 0 Å². The molecule has 0 radical (unpaired) electrons. The van der Waals surface area contributed by atoms with E-state index in [1.165, 1.54) is 6.07 Å². The number of pyridine rings is 2. The van der Waals surface area contributed by atoms with Crippen LogP contribution in [-0.4, -0.2) is 53.4 Å². The Morgan fingerprint density at radius 2 is 2.11 bits per heavy atom. The molecule has 1 N–H and O–H groups in total. The number of nitrogens with zero attached hydrogens (tertiary/aromatic N) is 4. The molecule has 4 heterocycles. The molecule has 0 aliphatic carbocycles. The average Bonchev–Trinajstić information content (AvgIpc) is 2.66. The molecule has 4 rings (SSSR count). The third-order valence-corrected chi connectivity index (χ3v) is 5.01. The summed E-state index contributed by atoms with van der Waals surface area (Å²) in [6.45, 7) is 5.23. The van der Waals surface area contributed by atoms with Crippen LogP contribution in [0.1, 0.15) is 28.5 Å². The van der Waals surface area contributed by atoms with Crippen molar-refractivity contribution in [3.63, 3.8) is 0 Å². The highest BCUT2D eigenvalue weighted by Crippen LogP contribution is 2.28. The van der Waals surface area contributed by atoms with Crippen LogP contribution < -0.4 is 9.80 Å². The lowest BCUT2D eigenvalue weighted by Gasteiger charge is -2.34. The maximum absolute atomic E-state index is 14.2. The van der Waals surface area contributed by atoms with Gasteiger partial charge in [-0.15, -0.1) is 0 Å². The summed E-state index contributed by atoms with van der Waals surface area (Å²) in [6.07, 6.45) is 2.37. The molecule has 0 spiro atoms. The van der Waals surface area contributed by atoms with Crippen LogP contribution in [0, 0.1) is 5.95 Å². The fraction of sp³-hybridized carbons (Fsp3) is 0.421. The zero-order valence-corrected chi connectivity index (χ0v) is 15.1. The van der Waals surface area contributed by atoms with Crippen molar-refractivity contribution in [2.75, 3.05) is 36.0 Å². The van der Waals surface area contributed by atoms with E-state index in [0.29, 0.717) is 38.5 Å². The number of ether oxygens (including phenoxy) is 1. The molecular weight excluding hydrogens is 351 g/mol. The van der Waals surface area contributed by atoms with Gasteiger partial charge in [-0.3, -0.25) is 0 Å². The lowest BCUT2D eigenvalue weighted by Crippen LogP contribution is -2.41. The van der Waals surface area contributed by atoms with Gasteiger partial charge in [0.25, 0.3) is 0 Å². The predicted octanol–water partition coefficient (Wildman–Crippen LogP) is 2.10. The van der Waals surface area contributed by atoms with E-state index in [2.05, 4.69) is 14.9 Å². The highest BCUT2D eigenvalue weighted by molar-refractivity contribution is 5.85. The molecule has 8 heteroatoms. The summed E-state index contributed by atoms with van der Waals surface area (Å²) in [5.74, 6) is -0.958. The number of aromatic carboxylic acids is 1. The van der Waals surface area contributed by atoms with Gasteiger partial charge in [0.2, 0.25) is 5.95 Å². The van der Waals surface area contributed by atoms with Crippen molar-refractivity contribution in [2.24, 2.45) is 0 Å². The van der Waals surface area contributed by atoms with Crippen LogP contribution in [0.5, 0.6) is 0 Å². The lowest BCUT2D eigenvalue weighted by atomic mass is 10.0. The third-order valence-electron chi connectivity index (χ3n) is 5.01. The molecule has 27 heavy (non-hydrogen) atoms. The lowest BCUT2D eigenvalue weighted by molar-refractivity contribution is 0.0532. The van der Waals surface area contributed by atoms with E-state index in [4.69, 9.17) is 9.84 Å². The molecule has 2 aliphatic heterocycles. The van der Waals surface area contributed by atoms with E-state index in [9.17, 15) is 9.18 Å². The number of carboxylic acid groups (broad SMARTS) is 1. The first-order chi connectivity index (χ1) is 13.0. The molecule has 0 amide bonds. The molecule has 0 saturated carbocycles. The Morgan fingerprint density at radius 1 is 1.26 bits per heavy atom. The van der Waals surface area contributed by atoms with E-state index in [1.54, 1.807) is 12.3 Å². The Morgan fingerprint density at radius 3 is 2.89 bits per heavy atom. The van der Waals surface area contributed by atoms with Crippen molar-refractivity contribution in [1.29, 1.82) is 0 Å². The molecule has 0 aromatic carbocycles. The molecule has 2 aliphatic rings. The van der Waals surface area contributed by atoms with Gasteiger partial charge in [0, 0.05) is 50.2 Å². The van der Waals surface area contributed by atoms with Crippen molar-refractivity contribution >= 4 is 17.5 Å². The summed E-state index contributed by atoms with van der Waals surface area (Å²) in [6, 6.07) is 4.99. The highest BCUT2D eigenvalue weighted by atomic mass is 19.1. The number of hydrogen-bond acceptors (Lipinski definition) is 6. The first kappa shape index (κ1) is 17.7. The summed E-state index contributed by atoms with van der Waals surface area (Å²) < 4.78 is 19.8. The van der Waals surface area contributed by atoms with Gasteiger partial charge in [0.15, 0.2) is 0 Å². The van der Waals surface area contributed by atoms with Crippen LogP contribution in [0.2, 0.25) is 0 Å². The largest absolute Gasteiger partial charge is 0.477 e. The normalized spacial score (nSPS) is 19.7. The Hall–Kier alpha value is -2.74. The number of carboxylic acids is 1. The molecule has 1 fully saturated rings. The van der Waals surface area contributed by atoms with Crippen molar-refractivity contribution in [2.45, 2.75) is 26.0 Å². The summed E-state index contributed by atoms with van der Waals surface area (Å²) in [4.78, 5) is 23.3. The first-order valence-corrected chi connectivity index (χ1v) is 9.00. The maximum Gasteiger partial charge on any atom is 0.354 e. The number of aromatic nitrogens is 2. The van der Waals surface area contributed by atoms with E-state index in [0.717, 1.165) is 23.4 Å². The van der Waals surface area contributed by atoms with Gasteiger partial charge in [-0.05, 0) is 30.5 Å². The van der Waals surface area contributed by atoms with E-state index in [1.807, 2.05) is 17.9 Å². The number of hydrogen-bond donors (Lipinski definition) is 1. The van der Waals surface area contributed by atoms with Crippen molar-refractivity contribution in [1.82, 2.24) is 9.97 Å². The fourth-order valence-corrected chi connectivity index (χ4v) is 3.62. The second-order valence-electron chi connectivity index (χ2n) is 6.95. The van der Waals surface area contributed by atoms with Crippen LogP contribution in [0.25, 0.3) is 0 Å². The minimum Gasteiger partial charge on any atom is -0.477 e. The highest BCUT2D eigenvalue weighted by Gasteiger charge is 2.23. The quantitative estimate of drug-likeness (QED) is 0.827. The van der Waals surface area contributed by atoms with Crippen molar-refractivity contribution < 1.29 is 19.0 Å². The standard InChI is InChI=1S/C19H21FN4O3/c1-12-10-23(4-5-27-12)15-7-17(20)22-18(8-15)24-3-2-13-6-16(19(25)26)21-9-14(13)11-24/h6-9,12H,2-5,10-11H2,1H3,(H,25,26). The topological polar surface area (TPSA) is 78.8 Å². The number of carbonyl (C=O) groups is 1. The van der Waals surface area contributed by atoms with E-state index >= 15 is 0 Å². The minimum absolute atomic E-state index is 0.0507. The van der Waals surface area contributed by atoms with Crippen LogP contribution >= 0.6 is 0 Å². The molecular formula is C19H21FN4O3. The van der Waals surface area contributed by atoms with Gasteiger partial charge < -0.3 is 19.6 Å². The molecule has 142 valence electrons. The second kappa shape index (κ2) is 7.11. The summed E-state index contributed by atoms with van der Waals surface area (Å²) in [7, 11) is 0. The van der Waals surface area contributed by atoms with Crippen LogP contribution in [0.15, 0.2) is 24.4 Å². The number of rotatable bonds is 3. The second-order valence-corrected chi connectivity index (χ2v) is 6.95. The molecule has 1 atom stereocenters. The number of morpholine rings is 1. The minimum atomic E-state index is -1.03. The van der Waals surface area contributed by atoms with Crippen molar-refractivity contribution in [3.8, 4) is 0 Å². The predicted molar refractivity (Wildman–Crippen MR) is 97.8 cm³/mol. The summed E-state index contributed by atoms with van der Waals surface area (Å²) >= 11 is 0. The SMILES string of the molecule is CC1CN(c2cc(F)nc(N3CCc4cc(C(=O)O)ncc4C3)c2)CCO1. The van der Waals surface area contributed by atoms with Crippen LogP contribution in [0.4, 0.5) is 15.9 Å². The molecule has 2 aromatic rings. The Kier molecular flexibility index (Phi) is 4.65. The van der Waals surface area contributed by atoms with Gasteiger partial charge in [-0.25, -0.2) is 14.8 Å². The van der Waals surface area contributed by atoms with Gasteiger partial charge >= 0.3 is 5.97 Å². The Balaban J connectivity index is 1.58. The van der Waals surface area contributed by atoms with Crippen LogP contribution in [-0.2, 0) is 17.7 Å². The first-order valence-electron chi connectivity index (χ1n) is 9.00. The monoisotopic (exact) mass is 372 g/mol. The smallest absolute Gasteiger partial charge is 0.354 e. The van der Waals surface area contributed by atoms with Crippen molar-refractivity contribution in [3.05, 3.63) is 47.2 Å². The van der Waals surface area contributed by atoms with E-state index in [-0.39, 0.29) is 11.8 Å². The molecule has 0 bridgehead atoms. The molecule has 1 saturated heterocycles. The van der Waals surface area contributed by atoms with Gasteiger partial charge in [0.1, 0.15) is 11.5 Å². The van der Waals surface area contributed by atoms with Gasteiger partial charge in [0.05, 0.1) is 12.7 Å². The molecule has 7 nitrogen and oxygen atoms in total.